The van der Waals surface area contributed by atoms with Gasteiger partial charge in [-0.3, -0.25) is 0 Å². The summed E-state index contributed by atoms with van der Waals surface area (Å²) in [5, 5.41) is 3.24. The van der Waals surface area contributed by atoms with Crippen LogP contribution in [0, 0.1) is 13.8 Å². The molecule has 2 rings (SSSR count). The Morgan fingerprint density at radius 3 is 1.89 bits per heavy atom. The van der Waals surface area contributed by atoms with Crippen molar-refractivity contribution < 1.29 is 0 Å². The van der Waals surface area contributed by atoms with Crippen molar-refractivity contribution >= 4 is 11.6 Å². The van der Waals surface area contributed by atoms with Gasteiger partial charge in [0.15, 0.2) is 0 Å². The number of aryl methyl sites for hydroxylation is 2. The molecule has 0 atom stereocenters. The molecular weight excluding hydrogens is 234 g/mol. The van der Waals surface area contributed by atoms with Crippen molar-refractivity contribution in [2.24, 2.45) is 0 Å². The van der Waals surface area contributed by atoms with E-state index in [0.717, 1.165) is 17.1 Å². The van der Waals surface area contributed by atoms with Crippen LogP contribution in [-0.4, -0.2) is 9.97 Å². The van der Waals surface area contributed by atoms with Gasteiger partial charge in [0.2, 0.25) is 5.95 Å². The first-order valence-electron chi connectivity index (χ1n) is 6.54. The van der Waals surface area contributed by atoms with Crippen LogP contribution in [0.25, 0.3) is 0 Å². The first-order valence-corrected chi connectivity index (χ1v) is 6.54. The molecule has 19 heavy (non-hydrogen) atoms. The summed E-state index contributed by atoms with van der Waals surface area (Å²) in [6.45, 7) is 10.6. The van der Waals surface area contributed by atoms with Gasteiger partial charge in [-0.05, 0) is 43.0 Å². The number of rotatable bonds is 2. The van der Waals surface area contributed by atoms with Crippen LogP contribution in [0.15, 0.2) is 30.3 Å². The number of anilines is 2. The minimum absolute atomic E-state index is 0.176. The maximum Gasteiger partial charge on any atom is 0.227 e. The summed E-state index contributed by atoms with van der Waals surface area (Å²) < 4.78 is 0. The molecule has 0 saturated heterocycles. The Kier molecular flexibility index (Phi) is 3.56. The lowest BCUT2D eigenvalue weighted by Crippen LogP contribution is -2.10. The van der Waals surface area contributed by atoms with E-state index in [9.17, 15) is 0 Å². The number of benzene rings is 1. The first kappa shape index (κ1) is 13.5. The maximum atomic E-state index is 4.38. The van der Waals surface area contributed by atoms with Gasteiger partial charge in [-0.2, -0.15) is 0 Å². The van der Waals surface area contributed by atoms with Gasteiger partial charge in [0.05, 0.1) is 0 Å². The van der Waals surface area contributed by atoms with Gasteiger partial charge in [0, 0.05) is 17.1 Å². The standard InChI is InChI=1S/C16H21N3/c1-11-10-12(2)18-15(17-11)19-14-8-6-13(7-9-14)16(3,4)5/h6-10H,1-5H3,(H,17,18,19). The Hall–Kier alpha value is -1.90. The van der Waals surface area contributed by atoms with Crippen molar-refractivity contribution in [1.82, 2.24) is 9.97 Å². The Morgan fingerprint density at radius 2 is 1.42 bits per heavy atom. The summed E-state index contributed by atoms with van der Waals surface area (Å²) in [5.41, 5.74) is 4.45. The Balaban J connectivity index is 2.20. The lowest BCUT2D eigenvalue weighted by Gasteiger charge is -2.19. The fraction of sp³-hybridized carbons (Fsp3) is 0.375. The summed E-state index contributed by atoms with van der Waals surface area (Å²) in [4.78, 5) is 8.76. The minimum atomic E-state index is 0.176. The molecule has 1 aromatic heterocycles. The predicted octanol–water partition coefficient (Wildman–Crippen LogP) is 4.13. The first-order chi connectivity index (χ1) is 8.84. The molecule has 100 valence electrons. The van der Waals surface area contributed by atoms with Crippen LogP contribution >= 0.6 is 0 Å². The van der Waals surface area contributed by atoms with Gasteiger partial charge in [0.1, 0.15) is 0 Å². The second kappa shape index (κ2) is 5.00. The zero-order chi connectivity index (χ0) is 14.0. The Morgan fingerprint density at radius 1 is 0.895 bits per heavy atom. The highest BCUT2D eigenvalue weighted by Crippen LogP contribution is 2.24. The molecule has 0 amide bonds. The summed E-state index contributed by atoms with van der Waals surface area (Å²) in [6.07, 6.45) is 0. The summed E-state index contributed by atoms with van der Waals surface area (Å²) in [7, 11) is 0. The normalized spacial score (nSPS) is 11.4. The van der Waals surface area contributed by atoms with E-state index in [2.05, 4.69) is 60.3 Å². The third-order valence-corrected chi connectivity index (χ3v) is 2.99. The molecule has 0 aliphatic rings. The van der Waals surface area contributed by atoms with Crippen molar-refractivity contribution in [1.29, 1.82) is 0 Å². The van der Waals surface area contributed by atoms with Crippen LogP contribution < -0.4 is 5.32 Å². The van der Waals surface area contributed by atoms with Crippen LogP contribution in [0.4, 0.5) is 11.6 Å². The third-order valence-electron chi connectivity index (χ3n) is 2.99. The van der Waals surface area contributed by atoms with E-state index < -0.39 is 0 Å². The van der Waals surface area contributed by atoms with Gasteiger partial charge in [0.25, 0.3) is 0 Å². The molecule has 1 aromatic carbocycles. The minimum Gasteiger partial charge on any atom is -0.324 e. The lowest BCUT2D eigenvalue weighted by molar-refractivity contribution is 0.590. The molecule has 0 fully saturated rings. The second-order valence-electron chi connectivity index (χ2n) is 5.93. The highest BCUT2D eigenvalue weighted by molar-refractivity contribution is 5.54. The molecule has 0 aliphatic heterocycles. The average molecular weight is 255 g/mol. The van der Waals surface area contributed by atoms with Gasteiger partial charge >= 0.3 is 0 Å². The lowest BCUT2D eigenvalue weighted by atomic mass is 9.87. The van der Waals surface area contributed by atoms with Crippen molar-refractivity contribution in [3.05, 3.63) is 47.3 Å². The largest absolute Gasteiger partial charge is 0.324 e. The van der Waals surface area contributed by atoms with Crippen molar-refractivity contribution in [2.45, 2.75) is 40.0 Å². The van der Waals surface area contributed by atoms with Crippen LogP contribution in [0.3, 0.4) is 0 Å². The van der Waals surface area contributed by atoms with Crippen LogP contribution in [0.1, 0.15) is 37.7 Å². The fourth-order valence-corrected chi connectivity index (χ4v) is 1.96. The summed E-state index contributed by atoms with van der Waals surface area (Å²) in [5.74, 6) is 0.654. The van der Waals surface area contributed by atoms with Crippen molar-refractivity contribution in [3.63, 3.8) is 0 Å². The molecule has 0 unspecified atom stereocenters. The molecule has 3 heteroatoms. The fourth-order valence-electron chi connectivity index (χ4n) is 1.96. The molecule has 3 nitrogen and oxygen atoms in total. The predicted molar refractivity (Wildman–Crippen MR) is 79.9 cm³/mol. The average Bonchev–Trinajstić information content (AvgIpc) is 2.26. The van der Waals surface area contributed by atoms with E-state index in [1.807, 2.05) is 19.9 Å². The molecule has 0 bridgehead atoms. The zero-order valence-electron chi connectivity index (χ0n) is 12.3. The smallest absolute Gasteiger partial charge is 0.227 e. The van der Waals surface area contributed by atoms with Crippen molar-refractivity contribution in [2.75, 3.05) is 5.32 Å². The highest BCUT2D eigenvalue weighted by atomic mass is 15.1. The third kappa shape index (κ3) is 3.53. The molecule has 0 spiro atoms. The highest BCUT2D eigenvalue weighted by Gasteiger charge is 2.12. The molecule has 0 radical (unpaired) electrons. The van der Waals surface area contributed by atoms with E-state index in [1.54, 1.807) is 0 Å². The van der Waals surface area contributed by atoms with E-state index in [-0.39, 0.29) is 5.41 Å². The number of hydrogen-bond acceptors (Lipinski definition) is 3. The summed E-state index contributed by atoms with van der Waals surface area (Å²) >= 11 is 0. The van der Waals surface area contributed by atoms with E-state index in [4.69, 9.17) is 0 Å². The Bertz CT molecular complexity index is 545. The van der Waals surface area contributed by atoms with Gasteiger partial charge in [-0.15, -0.1) is 0 Å². The monoisotopic (exact) mass is 255 g/mol. The van der Waals surface area contributed by atoms with E-state index in [1.165, 1.54) is 5.56 Å². The molecule has 2 aromatic rings. The molecule has 0 saturated carbocycles. The van der Waals surface area contributed by atoms with Gasteiger partial charge < -0.3 is 5.32 Å². The number of aromatic nitrogens is 2. The molecular formula is C16H21N3. The number of nitrogens with one attached hydrogen (secondary N) is 1. The summed E-state index contributed by atoms with van der Waals surface area (Å²) in [6, 6.07) is 10.4. The number of nitrogens with zero attached hydrogens (tertiary/aromatic N) is 2. The van der Waals surface area contributed by atoms with Crippen molar-refractivity contribution in [3.8, 4) is 0 Å². The SMILES string of the molecule is Cc1cc(C)nc(Nc2ccc(C(C)(C)C)cc2)n1. The molecule has 1 N–H and O–H groups in total. The topological polar surface area (TPSA) is 37.8 Å². The Labute approximate surface area is 115 Å². The quantitative estimate of drug-likeness (QED) is 0.876. The number of hydrogen-bond donors (Lipinski definition) is 1. The van der Waals surface area contributed by atoms with Gasteiger partial charge in [-0.25, -0.2) is 9.97 Å². The van der Waals surface area contributed by atoms with Crippen LogP contribution in [0.2, 0.25) is 0 Å². The maximum absolute atomic E-state index is 4.38. The molecule has 0 aliphatic carbocycles. The van der Waals surface area contributed by atoms with Gasteiger partial charge in [-0.1, -0.05) is 32.9 Å². The zero-order valence-corrected chi connectivity index (χ0v) is 12.3. The second-order valence-corrected chi connectivity index (χ2v) is 5.93. The van der Waals surface area contributed by atoms with E-state index in [0.29, 0.717) is 5.95 Å². The van der Waals surface area contributed by atoms with Crippen LogP contribution in [-0.2, 0) is 5.41 Å². The van der Waals surface area contributed by atoms with E-state index >= 15 is 0 Å². The molecule has 1 heterocycles. The van der Waals surface area contributed by atoms with Crippen LogP contribution in [0.5, 0.6) is 0 Å².